The van der Waals surface area contributed by atoms with Crippen molar-refractivity contribution in [3.63, 3.8) is 0 Å². The Bertz CT molecular complexity index is 470. The van der Waals surface area contributed by atoms with E-state index in [2.05, 4.69) is 14.4 Å². The largest absolute Gasteiger partial charge is 0.397 e. The molecule has 0 aliphatic rings. The summed E-state index contributed by atoms with van der Waals surface area (Å²) in [5, 5.41) is 0. The minimum Gasteiger partial charge on any atom is -0.397 e. The van der Waals surface area contributed by atoms with E-state index in [1.54, 1.807) is 26.8 Å². The van der Waals surface area contributed by atoms with Crippen molar-refractivity contribution < 1.29 is 8.42 Å². The second-order valence-electron chi connectivity index (χ2n) is 3.81. The van der Waals surface area contributed by atoms with Crippen molar-refractivity contribution in [2.24, 2.45) is 0 Å². The molecule has 16 heavy (non-hydrogen) atoms. The molecule has 0 bridgehead atoms. The zero-order valence-corrected chi connectivity index (χ0v) is 10.3. The van der Waals surface area contributed by atoms with Gasteiger partial charge < -0.3 is 5.73 Å². The highest BCUT2D eigenvalue weighted by Gasteiger charge is 2.13. The predicted octanol–water partition coefficient (Wildman–Crippen LogP) is 0.627. The van der Waals surface area contributed by atoms with Crippen LogP contribution in [0.1, 0.15) is 19.4 Å². The Kier molecular flexibility index (Phi) is 3.71. The Morgan fingerprint density at radius 1 is 1.44 bits per heavy atom. The van der Waals surface area contributed by atoms with Gasteiger partial charge >= 0.3 is 10.2 Å². The van der Waals surface area contributed by atoms with Crippen LogP contribution in [0.2, 0.25) is 0 Å². The molecule has 0 saturated carbocycles. The Labute approximate surface area is 95.4 Å². The molecule has 0 amide bonds. The number of aromatic nitrogens is 1. The van der Waals surface area contributed by atoms with Gasteiger partial charge in [0, 0.05) is 6.04 Å². The molecule has 1 heterocycles. The smallest absolute Gasteiger partial charge is 0.300 e. The molecule has 0 spiro atoms. The number of hydrogen-bond acceptors (Lipinski definition) is 4. The molecular formula is C9H16N4O2S. The summed E-state index contributed by atoms with van der Waals surface area (Å²) >= 11 is 0. The van der Waals surface area contributed by atoms with Crippen LogP contribution in [0.4, 0.5) is 11.5 Å². The van der Waals surface area contributed by atoms with Gasteiger partial charge in [0.1, 0.15) is 5.82 Å². The highest BCUT2D eigenvalue weighted by molar-refractivity contribution is 7.90. The molecule has 1 rings (SSSR count). The first-order valence-electron chi connectivity index (χ1n) is 4.82. The van der Waals surface area contributed by atoms with Crippen LogP contribution in [0, 0.1) is 6.92 Å². The third-order valence-electron chi connectivity index (χ3n) is 1.72. The lowest BCUT2D eigenvalue weighted by Gasteiger charge is -2.12. The lowest BCUT2D eigenvalue weighted by atomic mass is 10.3. The fourth-order valence-electron chi connectivity index (χ4n) is 1.17. The number of nitrogens with zero attached hydrogens (tertiary/aromatic N) is 1. The summed E-state index contributed by atoms with van der Waals surface area (Å²) in [6.07, 6.45) is 1.40. The molecule has 0 atom stereocenters. The van der Waals surface area contributed by atoms with Crippen LogP contribution in [0.15, 0.2) is 12.3 Å². The molecule has 7 heteroatoms. The van der Waals surface area contributed by atoms with E-state index in [1.165, 1.54) is 6.20 Å². The van der Waals surface area contributed by atoms with Crippen LogP contribution < -0.4 is 15.2 Å². The first-order valence-corrected chi connectivity index (χ1v) is 6.30. The average Bonchev–Trinajstić information content (AvgIpc) is 2.07. The monoisotopic (exact) mass is 244 g/mol. The summed E-state index contributed by atoms with van der Waals surface area (Å²) in [4.78, 5) is 3.92. The first kappa shape index (κ1) is 12.7. The normalized spacial score (nSPS) is 11.8. The van der Waals surface area contributed by atoms with E-state index in [0.717, 1.165) is 0 Å². The Morgan fingerprint density at radius 3 is 2.56 bits per heavy atom. The van der Waals surface area contributed by atoms with Gasteiger partial charge in [-0.1, -0.05) is 0 Å². The SMILES string of the molecule is Cc1cc(N)cnc1NS(=O)(=O)NC(C)C. The second kappa shape index (κ2) is 4.67. The Hall–Kier alpha value is -1.34. The molecule has 0 aromatic carbocycles. The molecular weight excluding hydrogens is 228 g/mol. The first-order chi connectivity index (χ1) is 7.30. The quantitative estimate of drug-likeness (QED) is 0.723. The molecule has 0 radical (unpaired) electrons. The van der Waals surface area contributed by atoms with E-state index in [1.807, 2.05) is 0 Å². The van der Waals surface area contributed by atoms with Crippen LogP contribution in [0.3, 0.4) is 0 Å². The number of pyridine rings is 1. The highest BCUT2D eigenvalue weighted by atomic mass is 32.2. The van der Waals surface area contributed by atoms with E-state index in [0.29, 0.717) is 11.3 Å². The molecule has 4 N–H and O–H groups in total. The van der Waals surface area contributed by atoms with Gasteiger partial charge in [-0.05, 0) is 32.4 Å². The molecule has 0 aliphatic carbocycles. The minimum atomic E-state index is -3.57. The number of anilines is 2. The van der Waals surface area contributed by atoms with E-state index in [4.69, 9.17) is 5.73 Å². The maximum absolute atomic E-state index is 11.6. The van der Waals surface area contributed by atoms with Crippen molar-refractivity contribution in [2.75, 3.05) is 10.5 Å². The fourth-order valence-corrected chi connectivity index (χ4v) is 2.32. The van der Waals surface area contributed by atoms with E-state index < -0.39 is 10.2 Å². The van der Waals surface area contributed by atoms with Gasteiger partial charge in [0.05, 0.1) is 11.9 Å². The van der Waals surface area contributed by atoms with Crippen LogP contribution in [0.25, 0.3) is 0 Å². The average molecular weight is 244 g/mol. The third kappa shape index (κ3) is 3.67. The minimum absolute atomic E-state index is 0.174. The van der Waals surface area contributed by atoms with Gasteiger partial charge in [0.2, 0.25) is 0 Å². The topological polar surface area (TPSA) is 97.1 Å². The lowest BCUT2D eigenvalue weighted by Crippen LogP contribution is -2.35. The van der Waals surface area contributed by atoms with E-state index in [9.17, 15) is 8.42 Å². The maximum atomic E-state index is 11.6. The van der Waals surface area contributed by atoms with E-state index in [-0.39, 0.29) is 11.9 Å². The number of nitrogens with two attached hydrogens (primary N) is 1. The zero-order valence-electron chi connectivity index (χ0n) is 9.48. The molecule has 90 valence electrons. The fraction of sp³-hybridized carbons (Fsp3) is 0.444. The summed E-state index contributed by atoms with van der Waals surface area (Å²) in [6, 6.07) is 1.48. The number of hydrogen-bond donors (Lipinski definition) is 3. The summed E-state index contributed by atoms with van der Waals surface area (Å²) in [6.45, 7) is 5.21. The van der Waals surface area contributed by atoms with Gasteiger partial charge in [-0.25, -0.2) is 4.98 Å². The van der Waals surface area contributed by atoms with Gasteiger partial charge in [0.15, 0.2) is 0 Å². The number of aryl methyl sites for hydroxylation is 1. The standard InChI is InChI=1S/C9H16N4O2S/c1-6(2)12-16(14,15)13-9-7(3)4-8(10)5-11-9/h4-6,12H,10H2,1-3H3,(H,11,13). The van der Waals surface area contributed by atoms with Gasteiger partial charge in [-0.3, -0.25) is 4.72 Å². The predicted molar refractivity (Wildman–Crippen MR) is 64.2 cm³/mol. The number of rotatable bonds is 4. The van der Waals surface area contributed by atoms with Crippen LogP contribution >= 0.6 is 0 Å². The Morgan fingerprint density at radius 2 is 2.06 bits per heavy atom. The van der Waals surface area contributed by atoms with Crippen LogP contribution in [-0.2, 0) is 10.2 Å². The number of nitrogen functional groups attached to an aromatic ring is 1. The van der Waals surface area contributed by atoms with Gasteiger partial charge in [-0.15, -0.1) is 0 Å². The van der Waals surface area contributed by atoms with Crippen molar-refractivity contribution >= 4 is 21.7 Å². The van der Waals surface area contributed by atoms with Crippen molar-refractivity contribution in [2.45, 2.75) is 26.8 Å². The van der Waals surface area contributed by atoms with Crippen LogP contribution in [0.5, 0.6) is 0 Å². The summed E-state index contributed by atoms with van der Waals surface area (Å²) in [7, 11) is -3.57. The van der Waals surface area contributed by atoms with Gasteiger partial charge in [0.25, 0.3) is 0 Å². The lowest BCUT2D eigenvalue weighted by molar-refractivity contribution is 0.575. The van der Waals surface area contributed by atoms with Crippen molar-refractivity contribution in [1.82, 2.24) is 9.71 Å². The molecule has 0 fully saturated rings. The summed E-state index contributed by atoms with van der Waals surface area (Å²) in [5.41, 5.74) is 6.69. The third-order valence-corrected chi connectivity index (χ3v) is 2.97. The van der Waals surface area contributed by atoms with Crippen molar-refractivity contribution in [3.05, 3.63) is 17.8 Å². The second-order valence-corrected chi connectivity index (χ2v) is 5.26. The van der Waals surface area contributed by atoms with Crippen molar-refractivity contribution in [1.29, 1.82) is 0 Å². The van der Waals surface area contributed by atoms with Crippen molar-refractivity contribution in [3.8, 4) is 0 Å². The highest BCUT2D eigenvalue weighted by Crippen LogP contribution is 2.14. The maximum Gasteiger partial charge on any atom is 0.300 e. The zero-order chi connectivity index (χ0) is 12.3. The summed E-state index contributed by atoms with van der Waals surface area (Å²) < 4.78 is 27.8. The molecule has 0 aliphatic heterocycles. The molecule has 0 saturated heterocycles. The van der Waals surface area contributed by atoms with Crippen LogP contribution in [-0.4, -0.2) is 19.4 Å². The molecule has 6 nitrogen and oxygen atoms in total. The van der Waals surface area contributed by atoms with Gasteiger partial charge in [-0.2, -0.15) is 13.1 Å². The summed E-state index contributed by atoms with van der Waals surface area (Å²) in [5.74, 6) is 0.280. The Balaban J connectivity index is 2.88. The molecule has 1 aromatic heterocycles. The number of nitrogens with one attached hydrogen (secondary N) is 2. The molecule has 1 aromatic rings. The van der Waals surface area contributed by atoms with E-state index >= 15 is 0 Å². The molecule has 0 unspecified atom stereocenters.